The highest BCUT2D eigenvalue weighted by atomic mass is 32.2. The number of aryl methyl sites for hydroxylation is 1. The van der Waals surface area contributed by atoms with E-state index in [1.807, 2.05) is 0 Å². The highest BCUT2D eigenvalue weighted by molar-refractivity contribution is 7.61. The van der Waals surface area contributed by atoms with Gasteiger partial charge in [0.1, 0.15) is 0 Å². The largest absolute Gasteiger partial charge is 0.471 e. The molecule has 1 rings (SSSR count). The standard InChI is InChI=1S/C9H8F3N3O3S/c1-5-2-3-6(14-15-19(17)18)4-7(5)13-8(16)9(10,11)12/h2-4,14H,1H3,(H,13,16). The normalized spacial score (nSPS) is 10.7. The Labute approximate surface area is 107 Å². The number of nitrogens with one attached hydrogen (secondary N) is 2. The molecule has 104 valence electrons. The molecule has 2 N–H and O–H groups in total. The van der Waals surface area contributed by atoms with Crippen LogP contribution in [-0.4, -0.2) is 20.5 Å². The first kappa shape index (κ1) is 15.0. The molecule has 0 fully saturated rings. The molecule has 0 atom stereocenters. The Balaban J connectivity index is 2.98. The molecule has 0 aliphatic rings. The number of amides is 1. The summed E-state index contributed by atoms with van der Waals surface area (Å²) in [7, 11) is -2.71. The van der Waals surface area contributed by atoms with Crippen molar-refractivity contribution in [3.8, 4) is 0 Å². The van der Waals surface area contributed by atoms with E-state index in [0.29, 0.717) is 5.56 Å². The zero-order chi connectivity index (χ0) is 14.6. The quantitative estimate of drug-likeness (QED) is 0.833. The van der Waals surface area contributed by atoms with E-state index in [1.54, 1.807) is 5.32 Å². The Morgan fingerprint density at radius 1 is 1.32 bits per heavy atom. The van der Waals surface area contributed by atoms with Crippen LogP contribution in [0.15, 0.2) is 22.7 Å². The predicted molar refractivity (Wildman–Crippen MR) is 60.8 cm³/mol. The van der Waals surface area contributed by atoms with Gasteiger partial charge in [0, 0.05) is 5.69 Å². The molecule has 1 amide bonds. The fraction of sp³-hybridized carbons (Fsp3) is 0.222. The average molecular weight is 295 g/mol. The lowest BCUT2D eigenvalue weighted by Gasteiger charge is -2.11. The smallest absolute Gasteiger partial charge is 0.318 e. The fourth-order valence-corrected chi connectivity index (χ4v) is 1.29. The molecule has 0 aromatic heterocycles. The van der Waals surface area contributed by atoms with Gasteiger partial charge in [0.05, 0.1) is 5.69 Å². The van der Waals surface area contributed by atoms with Crippen molar-refractivity contribution >= 4 is 27.8 Å². The SMILES string of the molecule is Cc1ccc(NN=S(=O)=O)cc1NC(=O)C(F)(F)F. The molecule has 0 spiro atoms. The Hall–Kier alpha value is -2.10. The molecular weight excluding hydrogens is 287 g/mol. The molecular formula is C9H8F3N3O3S. The molecule has 6 nitrogen and oxygen atoms in total. The van der Waals surface area contributed by atoms with Crippen LogP contribution in [0.1, 0.15) is 5.56 Å². The second kappa shape index (κ2) is 5.69. The summed E-state index contributed by atoms with van der Waals surface area (Å²) < 4.78 is 59.6. The molecule has 10 heteroatoms. The number of benzene rings is 1. The Morgan fingerprint density at radius 3 is 2.47 bits per heavy atom. The van der Waals surface area contributed by atoms with Crippen LogP contribution in [0.5, 0.6) is 0 Å². The summed E-state index contributed by atoms with van der Waals surface area (Å²) in [4.78, 5) is 10.8. The van der Waals surface area contributed by atoms with Crippen LogP contribution >= 0.6 is 0 Å². The summed E-state index contributed by atoms with van der Waals surface area (Å²) in [5, 5.41) is 1.68. The number of rotatable bonds is 3. The number of nitrogens with zero attached hydrogens (tertiary/aromatic N) is 1. The highest BCUT2D eigenvalue weighted by Gasteiger charge is 2.38. The summed E-state index contributed by atoms with van der Waals surface area (Å²) in [5.74, 6) is -2.11. The second-order valence-electron chi connectivity index (χ2n) is 3.40. The first-order chi connectivity index (χ1) is 8.70. The van der Waals surface area contributed by atoms with Gasteiger partial charge in [0.15, 0.2) is 0 Å². The van der Waals surface area contributed by atoms with E-state index in [9.17, 15) is 26.4 Å². The lowest BCUT2D eigenvalue weighted by molar-refractivity contribution is -0.167. The van der Waals surface area contributed by atoms with Gasteiger partial charge in [0.25, 0.3) is 0 Å². The van der Waals surface area contributed by atoms with Gasteiger partial charge in [-0.25, -0.2) is 0 Å². The minimum atomic E-state index is -5.00. The van der Waals surface area contributed by atoms with Gasteiger partial charge in [-0.3, -0.25) is 10.2 Å². The zero-order valence-electron chi connectivity index (χ0n) is 9.45. The summed E-state index contributed by atoms with van der Waals surface area (Å²) >= 11 is 0. The van der Waals surface area contributed by atoms with E-state index < -0.39 is 22.6 Å². The summed E-state index contributed by atoms with van der Waals surface area (Å²) in [6, 6.07) is 3.93. The number of alkyl halides is 3. The number of carbonyl (C=O) groups excluding carboxylic acids is 1. The number of carbonyl (C=O) groups is 1. The maximum Gasteiger partial charge on any atom is 0.471 e. The van der Waals surface area contributed by atoms with Gasteiger partial charge >= 0.3 is 22.6 Å². The van der Waals surface area contributed by atoms with Crippen molar-refractivity contribution in [3.63, 3.8) is 0 Å². The lowest BCUT2D eigenvalue weighted by Crippen LogP contribution is -2.30. The van der Waals surface area contributed by atoms with E-state index in [4.69, 9.17) is 0 Å². The summed E-state index contributed by atoms with van der Waals surface area (Å²) in [6.45, 7) is 1.48. The third-order valence-corrected chi connectivity index (χ3v) is 2.23. The van der Waals surface area contributed by atoms with Crippen molar-refractivity contribution in [3.05, 3.63) is 23.8 Å². The summed E-state index contributed by atoms with van der Waals surface area (Å²) in [5.41, 5.74) is 2.50. The monoisotopic (exact) mass is 295 g/mol. The predicted octanol–water partition coefficient (Wildman–Crippen LogP) is 1.89. The number of anilines is 2. The van der Waals surface area contributed by atoms with Crippen LogP contribution in [0.4, 0.5) is 24.5 Å². The first-order valence-corrected chi connectivity index (χ1v) is 5.78. The van der Waals surface area contributed by atoms with Gasteiger partial charge in [-0.1, -0.05) is 10.5 Å². The molecule has 0 saturated heterocycles. The van der Waals surface area contributed by atoms with Crippen molar-refractivity contribution in [1.82, 2.24) is 0 Å². The van der Waals surface area contributed by atoms with Crippen LogP contribution < -0.4 is 10.7 Å². The molecule has 1 aromatic carbocycles. The Morgan fingerprint density at radius 2 is 1.95 bits per heavy atom. The molecule has 19 heavy (non-hydrogen) atoms. The minimum Gasteiger partial charge on any atom is -0.318 e. The molecule has 0 unspecified atom stereocenters. The van der Waals surface area contributed by atoms with E-state index in [-0.39, 0.29) is 11.4 Å². The van der Waals surface area contributed by atoms with Gasteiger partial charge in [-0.2, -0.15) is 21.6 Å². The maximum atomic E-state index is 12.1. The Kier molecular flexibility index (Phi) is 4.48. The van der Waals surface area contributed by atoms with E-state index in [0.717, 1.165) is 6.07 Å². The number of halogens is 3. The molecule has 0 aliphatic heterocycles. The molecule has 0 bridgehead atoms. The minimum absolute atomic E-state index is 0.0980. The van der Waals surface area contributed by atoms with Crippen molar-refractivity contribution in [2.24, 2.45) is 4.47 Å². The average Bonchev–Trinajstić information content (AvgIpc) is 2.28. The van der Waals surface area contributed by atoms with E-state index in [2.05, 4.69) is 9.90 Å². The van der Waals surface area contributed by atoms with Crippen LogP contribution in [0, 0.1) is 6.92 Å². The molecule has 0 radical (unpaired) electrons. The van der Waals surface area contributed by atoms with Crippen molar-refractivity contribution in [2.75, 3.05) is 10.7 Å². The molecule has 0 heterocycles. The van der Waals surface area contributed by atoms with Crippen molar-refractivity contribution in [1.29, 1.82) is 0 Å². The van der Waals surface area contributed by atoms with E-state index >= 15 is 0 Å². The summed E-state index contributed by atoms with van der Waals surface area (Å²) in [6.07, 6.45) is -5.00. The van der Waals surface area contributed by atoms with Crippen LogP contribution in [-0.2, 0) is 15.3 Å². The van der Waals surface area contributed by atoms with Crippen LogP contribution in [0.3, 0.4) is 0 Å². The second-order valence-corrected chi connectivity index (χ2v) is 4.02. The van der Waals surface area contributed by atoms with Gasteiger partial charge < -0.3 is 5.32 Å². The number of hydrogen-bond donors (Lipinski definition) is 2. The third-order valence-electron chi connectivity index (χ3n) is 1.99. The maximum absolute atomic E-state index is 12.1. The first-order valence-electron chi connectivity index (χ1n) is 4.75. The van der Waals surface area contributed by atoms with Gasteiger partial charge in [-0.05, 0) is 24.6 Å². The Bertz CT molecular complexity index is 617. The lowest BCUT2D eigenvalue weighted by atomic mass is 10.2. The fourth-order valence-electron chi connectivity index (χ4n) is 1.11. The molecule has 1 aromatic rings. The highest BCUT2D eigenvalue weighted by Crippen LogP contribution is 2.23. The molecule has 0 saturated carbocycles. The zero-order valence-corrected chi connectivity index (χ0v) is 10.3. The van der Waals surface area contributed by atoms with Crippen LogP contribution in [0.25, 0.3) is 0 Å². The third kappa shape index (κ3) is 4.58. The van der Waals surface area contributed by atoms with Crippen molar-refractivity contribution in [2.45, 2.75) is 13.1 Å². The topological polar surface area (TPSA) is 87.6 Å². The molecule has 0 aliphatic carbocycles. The van der Waals surface area contributed by atoms with Crippen molar-refractivity contribution < 1.29 is 26.4 Å². The van der Waals surface area contributed by atoms with Gasteiger partial charge in [0.2, 0.25) is 0 Å². The van der Waals surface area contributed by atoms with Crippen LogP contribution in [0.2, 0.25) is 0 Å². The van der Waals surface area contributed by atoms with Gasteiger partial charge in [-0.15, -0.1) is 0 Å². The van der Waals surface area contributed by atoms with E-state index in [1.165, 1.54) is 19.1 Å². The number of hydrogen-bond acceptors (Lipinski definition) is 4.